The van der Waals surface area contributed by atoms with Crippen LogP contribution in [-0.4, -0.2) is 21.1 Å². The molecule has 1 amide bonds. The number of nitrogens with one attached hydrogen (secondary N) is 2. The summed E-state index contributed by atoms with van der Waals surface area (Å²) in [5, 5.41) is 17.7. The smallest absolute Gasteiger partial charge is 0.295 e. The van der Waals surface area contributed by atoms with Crippen molar-refractivity contribution in [2.45, 2.75) is 20.3 Å². The third kappa shape index (κ3) is 2.64. The van der Waals surface area contributed by atoms with E-state index in [1.165, 1.54) is 13.0 Å². The number of amides is 1. The summed E-state index contributed by atoms with van der Waals surface area (Å²) in [6, 6.07) is 4.36. The number of carbonyl (C=O) groups is 1. The fourth-order valence-corrected chi connectivity index (χ4v) is 1.61. The van der Waals surface area contributed by atoms with E-state index in [1.54, 1.807) is 0 Å². The van der Waals surface area contributed by atoms with Crippen LogP contribution in [0.4, 0.5) is 10.1 Å². The van der Waals surface area contributed by atoms with Gasteiger partial charge in [0.1, 0.15) is 11.6 Å². The minimum Gasteiger partial charge on any atom is -0.319 e. The molecular weight excluding hydrogens is 261 g/mol. The van der Waals surface area contributed by atoms with Crippen LogP contribution in [0.2, 0.25) is 0 Å². The van der Waals surface area contributed by atoms with Crippen LogP contribution in [0.5, 0.6) is 0 Å². The second-order valence-corrected chi connectivity index (χ2v) is 4.16. The molecule has 1 aromatic carbocycles. The van der Waals surface area contributed by atoms with Gasteiger partial charge in [0.2, 0.25) is 5.82 Å². The van der Waals surface area contributed by atoms with Crippen LogP contribution in [0.3, 0.4) is 0 Å². The normalized spacial score (nSPS) is 10.1. The molecule has 1 aromatic heterocycles. The number of halogens is 1. The summed E-state index contributed by atoms with van der Waals surface area (Å²) in [4.78, 5) is 15.9. The Balaban J connectivity index is 2.28. The van der Waals surface area contributed by atoms with Gasteiger partial charge in [-0.1, -0.05) is 6.92 Å². The van der Waals surface area contributed by atoms with Crippen molar-refractivity contribution in [3.05, 3.63) is 40.7 Å². The third-order valence-electron chi connectivity index (χ3n) is 2.79. The summed E-state index contributed by atoms with van der Waals surface area (Å²) < 4.78 is 13.6. The van der Waals surface area contributed by atoms with Crippen molar-refractivity contribution in [3.63, 3.8) is 0 Å². The summed E-state index contributed by atoms with van der Waals surface area (Å²) in [5.41, 5.74) is 0.616. The van der Waals surface area contributed by atoms with Gasteiger partial charge in [0.25, 0.3) is 5.91 Å². The molecule has 0 unspecified atom stereocenters. The molecule has 7 heteroatoms. The number of anilines is 1. The Morgan fingerprint density at radius 1 is 1.55 bits per heavy atom. The molecule has 2 N–H and O–H groups in total. The molecule has 0 aliphatic carbocycles. The van der Waals surface area contributed by atoms with Gasteiger partial charge >= 0.3 is 0 Å². The highest BCUT2D eigenvalue weighted by Gasteiger charge is 2.15. The van der Waals surface area contributed by atoms with Gasteiger partial charge in [0.05, 0.1) is 11.6 Å². The van der Waals surface area contributed by atoms with Crippen LogP contribution in [0.1, 0.15) is 34.5 Å². The van der Waals surface area contributed by atoms with Gasteiger partial charge in [-0.3, -0.25) is 9.89 Å². The fraction of sp³-hybridized carbons (Fsp3) is 0.231. The highest BCUT2D eigenvalue weighted by Crippen LogP contribution is 2.20. The molecule has 0 aliphatic heterocycles. The summed E-state index contributed by atoms with van der Waals surface area (Å²) in [5.74, 6) is -0.546. The molecule has 0 fully saturated rings. The zero-order valence-corrected chi connectivity index (χ0v) is 11.0. The number of aromatic nitrogens is 3. The highest BCUT2D eigenvalue weighted by molar-refractivity contribution is 6.02. The predicted octanol–water partition coefficient (Wildman–Crippen LogP) is 1.94. The Kier molecular flexibility index (Phi) is 3.75. The van der Waals surface area contributed by atoms with Gasteiger partial charge in [-0.05, 0) is 19.1 Å². The molecule has 0 atom stereocenters. The Hall–Kier alpha value is -2.75. The maximum absolute atomic E-state index is 13.6. The van der Waals surface area contributed by atoms with E-state index in [-0.39, 0.29) is 22.6 Å². The Bertz CT molecular complexity index is 701. The first-order chi connectivity index (χ1) is 9.55. The summed E-state index contributed by atoms with van der Waals surface area (Å²) in [7, 11) is 0. The average Bonchev–Trinajstić information content (AvgIpc) is 2.92. The van der Waals surface area contributed by atoms with Crippen LogP contribution in [0.25, 0.3) is 0 Å². The fourth-order valence-electron chi connectivity index (χ4n) is 1.61. The molecule has 0 saturated heterocycles. The number of hydrogen-bond donors (Lipinski definition) is 2. The number of nitriles is 1. The number of benzene rings is 1. The molecular formula is C13H12FN5O. The minimum absolute atomic E-state index is 0.0241. The molecule has 1 heterocycles. The molecule has 20 heavy (non-hydrogen) atoms. The largest absolute Gasteiger partial charge is 0.319 e. The molecule has 0 saturated carbocycles. The summed E-state index contributed by atoms with van der Waals surface area (Å²) in [6.07, 6.45) is 0.623. The summed E-state index contributed by atoms with van der Waals surface area (Å²) in [6.45, 7) is 3.39. The van der Waals surface area contributed by atoms with E-state index in [0.717, 1.165) is 6.07 Å². The molecule has 0 spiro atoms. The van der Waals surface area contributed by atoms with Crippen molar-refractivity contribution < 1.29 is 9.18 Å². The quantitative estimate of drug-likeness (QED) is 0.893. The van der Waals surface area contributed by atoms with E-state index < -0.39 is 11.7 Å². The van der Waals surface area contributed by atoms with Crippen LogP contribution in [0, 0.1) is 24.1 Å². The number of aromatic amines is 1. The number of rotatable bonds is 3. The maximum Gasteiger partial charge on any atom is 0.295 e. The van der Waals surface area contributed by atoms with Gasteiger partial charge in [-0.15, -0.1) is 5.10 Å². The maximum atomic E-state index is 13.6. The third-order valence-corrected chi connectivity index (χ3v) is 2.79. The van der Waals surface area contributed by atoms with Crippen LogP contribution in [-0.2, 0) is 6.42 Å². The number of carbonyl (C=O) groups excluding carboxylic acids is 1. The average molecular weight is 273 g/mol. The first-order valence-electron chi connectivity index (χ1n) is 5.98. The van der Waals surface area contributed by atoms with Crippen molar-refractivity contribution in [3.8, 4) is 6.07 Å². The lowest BCUT2D eigenvalue weighted by Gasteiger charge is -2.08. The molecule has 102 valence electrons. The Morgan fingerprint density at radius 2 is 2.30 bits per heavy atom. The standard InChI is InChI=1S/C13H12FN5O/c1-3-11-17-12(19-18-11)13(20)16-10-5-8(6-15)4-9(14)7(10)2/h4-5H,3H2,1-2H3,(H,16,20)(H,17,18,19). The number of nitrogens with zero attached hydrogens (tertiary/aromatic N) is 3. The first kappa shape index (κ1) is 13.7. The molecule has 2 aromatic rings. The molecule has 0 aliphatic rings. The van der Waals surface area contributed by atoms with Crippen LogP contribution in [0.15, 0.2) is 12.1 Å². The number of hydrogen-bond acceptors (Lipinski definition) is 4. The van der Waals surface area contributed by atoms with Gasteiger partial charge < -0.3 is 5.32 Å². The van der Waals surface area contributed by atoms with Gasteiger partial charge in [0.15, 0.2) is 0 Å². The van der Waals surface area contributed by atoms with Crippen molar-refractivity contribution >= 4 is 11.6 Å². The van der Waals surface area contributed by atoms with E-state index in [2.05, 4.69) is 20.5 Å². The SMILES string of the molecule is CCc1nc(C(=O)Nc2cc(C#N)cc(F)c2C)n[nH]1. The van der Waals surface area contributed by atoms with Crippen LogP contribution >= 0.6 is 0 Å². The van der Waals surface area contributed by atoms with Crippen molar-refractivity contribution in [2.24, 2.45) is 0 Å². The zero-order chi connectivity index (χ0) is 14.7. The lowest BCUT2D eigenvalue weighted by atomic mass is 10.1. The lowest BCUT2D eigenvalue weighted by molar-refractivity contribution is 0.101. The topological polar surface area (TPSA) is 94.5 Å². The minimum atomic E-state index is -0.557. The second-order valence-electron chi connectivity index (χ2n) is 4.16. The van der Waals surface area contributed by atoms with E-state index in [1.807, 2.05) is 13.0 Å². The lowest BCUT2D eigenvalue weighted by Crippen LogP contribution is -2.15. The highest BCUT2D eigenvalue weighted by atomic mass is 19.1. The van der Waals surface area contributed by atoms with Crippen LogP contribution < -0.4 is 5.32 Å². The summed E-state index contributed by atoms with van der Waals surface area (Å²) >= 11 is 0. The van der Waals surface area contributed by atoms with Crippen molar-refractivity contribution in [1.82, 2.24) is 15.2 Å². The Morgan fingerprint density at radius 3 is 2.90 bits per heavy atom. The molecule has 6 nitrogen and oxygen atoms in total. The molecule has 0 bridgehead atoms. The van der Waals surface area contributed by atoms with E-state index in [4.69, 9.17) is 5.26 Å². The second kappa shape index (κ2) is 5.48. The first-order valence-corrected chi connectivity index (χ1v) is 5.98. The monoisotopic (exact) mass is 273 g/mol. The zero-order valence-electron chi connectivity index (χ0n) is 11.0. The van der Waals surface area contributed by atoms with E-state index in [9.17, 15) is 9.18 Å². The predicted molar refractivity (Wildman–Crippen MR) is 69.6 cm³/mol. The van der Waals surface area contributed by atoms with E-state index >= 15 is 0 Å². The molecule has 2 rings (SSSR count). The number of H-pyrrole nitrogens is 1. The van der Waals surface area contributed by atoms with Gasteiger partial charge in [-0.2, -0.15) is 5.26 Å². The van der Waals surface area contributed by atoms with Crippen molar-refractivity contribution in [1.29, 1.82) is 5.26 Å². The van der Waals surface area contributed by atoms with Gasteiger partial charge in [-0.25, -0.2) is 9.37 Å². The molecule has 0 radical (unpaired) electrons. The number of aryl methyl sites for hydroxylation is 1. The van der Waals surface area contributed by atoms with Crippen molar-refractivity contribution in [2.75, 3.05) is 5.32 Å². The van der Waals surface area contributed by atoms with E-state index in [0.29, 0.717) is 12.2 Å². The Labute approximate surface area is 114 Å². The van der Waals surface area contributed by atoms with Gasteiger partial charge in [0, 0.05) is 17.7 Å².